The van der Waals surface area contributed by atoms with Crippen LogP contribution < -0.4 is 0 Å². The lowest BCUT2D eigenvalue weighted by Crippen LogP contribution is -1.93. The van der Waals surface area contributed by atoms with Crippen molar-refractivity contribution >= 4 is 0 Å². The maximum Gasteiger partial charge on any atom is 0.116 e. The smallest absolute Gasteiger partial charge is 0.116 e. The molecule has 3 heteroatoms. The molecule has 1 aromatic heterocycles. The average Bonchev–Trinajstić information content (AvgIpc) is 2.36. The molecule has 1 aliphatic heterocycles. The van der Waals surface area contributed by atoms with Gasteiger partial charge in [0.15, 0.2) is 0 Å². The average molecular weight is 136 g/mol. The van der Waals surface area contributed by atoms with Crippen LogP contribution in [0.15, 0.2) is 6.33 Å². The third kappa shape index (κ3) is 0.708. The summed E-state index contributed by atoms with van der Waals surface area (Å²) >= 11 is 0. The van der Waals surface area contributed by atoms with Crippen molar-refractivity contribution in [2.45, 2.75) is 20.1 Å². The normalized spacial score (nSPS) is 15.3. The van der Waals surface area contributed by atoms with E-state index < -0.39 is 0 Å². The molecule has 10 heavy (non-hydrogen) atoms. The molecule has 2 rings (SSSR count). The van der Waals surface area contributed by atoms with Gasteiger partial charge in [0.2, 0.25) is 0 Å². The fourth-order valence-corrected chi connectivity index (χ4v) is 1.11. The summed E-state index contributed by atoms with van der Waals surface area (Å²) in [6.45, 7) is 3.32. The Morgan fingerprint density at radius 2 is 2.30 bits per heavy atom. The number of fused-ring (bicyclic) bond motifs is 1. The van der Waals surface area contributed by atoms with Gasteiger partial charge in [0.05, 0.1) is 18.9 Å². The molecule has 0 saturated carbocycles. The number of ether oxygens (including phenoxy) is 1. The summed E-state index contributed by atoms with van der Waals surface area (Å²) in [5.74, 6) is 0. The van der Waals surface area contributed by atoms with E-state index in [0.29, 0.717) is 13.2 Å². The van der Waals surface area contributed by atoms with Gasteiger partial charge in [-0.3, -0.25) is 0 Å². The van der Waals surface area contributed by atoms with Crippen LogP contribution in [0.1, 0.15) is 17.0 Å². The van der Waals surface area contributed by atoms with Gasteiger partial charge in [-0.15, -0.1) is 0 Å². The molecule has 52 valence electrons. The summed E-state index contributed by atoms with van der Waals surface area (Å²) in [5.41, 5.74) is 3.26. The van der Waals surface area contributed by atoms with Crippen LogP contribution in [-0.2, 0) is 18.0 Å². The van der Waals surface area contributed by atoms with Crippen molar-refractivity contribution in [2.75, 3.05) is 0 Å². The third-order valence-corrected chi connectivity index (χ3v) is 1.74. The molecule has 0 fully saturated rings. The van der Waals surface area contributed by atoms with Gasteiger partial charge in [-0.25, -0.2) is 9.97 Å². The first-order chi connectivity index (χ1) is 4.88. The Hall–Kier alpha value is -0.960. The summed E-state index contributed by atoms with van der Waals surface area (Å²) in [7, 11) is 0. The summed E-state index contributed by atoms with van der Waals surface area (Å²) in [4.78, 5) is 8.14. The Kier molecular flexibility index (Phi) is 1.17. The molecule has 0 radical (unpaired) electrons. The van der Waals surface area contributed by atoms with Crippen molar-refractivity contribution in [2.24, 2.45) is 0 Å². The minimum atomic E-state index is 0.651. The van der Waals surface area contributed by atoms with Gasteiger partial charge >= 0.3 is 0 Å². The van der Waals surface area contributed by atoms with Crippen molar-refractivity contribution in [1.82, 2.24) is 9.97 Å². The number of rotatable bonds is 0. The highest BCUT2D eigenvalue weighted by molar-refractivity contribution is 5.24. The zero-order valence-electron chi connectivity index (χ0n) is 5.79. The van der Waals surface area contributed by atoms with Gasteiger partial charge in [0, 0.05) is 11.3 Å². The lowest BCUT2D eigenvalue weighted by atomic mass is 10.2. The molecule has 0 spiro atoms. The molecule has 0 aromatic carbocycles. The maximum absolute atomic E-state index is 5.19. The number of nitrogens with zero attached hydrogens (tertiary/aromatic N) is 2. The van der Waals surface area contributed by atoms with E-state index in [4.69, 9.17) is 4.74 Å². The third-order valence-electron chi connectivity index (χ3n) is 1.74. The van der Waals surface area contributed by atoms with E-state index in [9.17, 15) is 0 Å². The fourth-order valence-electron chi connectivity index (χ4n) is 1.11. The standard InChI is InChI=1S/C7H8N2O/c1-5-6-2-10-3-7(6)9-4-8-5/h4H,2-3H2,1H3. The van der Waals surface area contributed by atoms with Gasteiger partial charge in [-0.2, -0.15) is 0 Å². The number of hydrogen-bond acceptors (Lipinski definition) is 3. The van der Waals surface area contributed by atoms with E-state index in [1.165, 1.54) is 5.56 Å². The van der Waals surface area contributed by atoms with E-state index in [1.807, 2.05) is 6.92 Å². The second-order valence-electron chi connectivity index (χ2n) is 2.38. The summed E-state index contributed by atoms with van der Waals surface area (Å²) in [6, 6.07) is 0. The van der Waals surface area contributed by atoms with Crippen molar-refractivity contribution in [1.29, 1.82) is 0 Å². The van der Waals surface area contributed by atoms with Crippen molar-refractivity contribution in [3.05, 3.63) is 23.3 Å². The lowest BCUT2D eigenvalue weighted by Gasteiger charge is -1.96. The minimum absolute atomic E-state index is 0.651. The lowest BCUT2D eigenvalue weighted by molar-refractivity contribution is 0.133. The largest absolute Gasteiger partial charge is 0.370 e. The van der Waals surface area contributed by atoms with Crippen LogP contribution in [0, 0.1) is 6.92 Å². The van der Waals surface area contributed by atoms with Crippen molar-refractivity contribution in [3.8, 4) is 0 Å². The van der Waals surface area contributed by atoms with Crippen molar-refractivity contribution in [3.63, 3.8) is 0 Å². The Morgan fingerprint density at radius 1 is 1.40 bits per heavy atom. The van der Waals surface area contributed by atoms with Crippen LogP contribution >= 0.6 is 0 Å². The molecule has 0 atom stereocenters. The molecular weight excluding hydrogens is 128 g/mol. The molecule has 0 aliphatic carbocycles. The summed E-state index contributed by atoms with van der Waals surface area (Å²) in [6.07, 6.45) is 1.59. The highest BCUT2D eigenvalue weighted by Crippen LogP contribution is 2.18. The van der Waals surface area contributed by atoms with E-state index in [1.54, 1.807) is 6.33 Å². The number of hydrogen-bond donors (Lipinski definition) is 0. The minimum Gasteiger partial charge on any atom is -0.370 e. The predicted molar refractivity (Wildman–Crippen MR) is 35.3 cm³/mol. The first-order valence-electron chi connectivity index (χ1n) is 3.25. The Bertz CT molecular complexity index is 260. The van der Waals surface area contributed by atoms with Crippen LogP contribution in [0.2, 0.25) is 0 Å². The number of aromatic nitrogens is 2. The second-order valence-corrected chi connectivity index (χ2v) is 2.38. The van der Waals surface area contributed by atoms with Crippen LogP contribution in [0.5, 0.6) is 0 Å². The zero-order valence-corrected chi connectivity index (χ0v) is 5.79. The molecule has 3 nitrogen and oxygen atoms in total. The zero-order chi connectivity index (χ0) is 6.97. The Balaban J connectivity index is 2.59. The van der Waals surface area contributed by atoms with Crippen LogP contribution in [0.3, 0.4) is 0 Å². The van der Waals surface area contributed by atoms with Crippen LogP contribution in [0.25, 0.3) is 0 Å². The van der Waals surface area contributed by atoms with E-state index in [2.05, 4.69) is 9.97 Å². The molecular formula is C7H8N2O. The molecule has 2 heterocycles. The molecule has 1 aliphatic rings. The predicted octanol–water partition coefficient (Wildman–Crippen LogP) is 0.815. The molecule has 1 aromatic rings. The maximum atomic E-state index is 5.19. The van der Waals surface area contributed by atoms with E-state index in [-0.39, 0.29) is 0 Å². The van der Waals surface area contributed by atoms with Gasteiger partial charge in [-0.05, 0) is 6.92 Å². The van der Waals surface area contributed by atoms with Crippen LogP contribution in [0.4, 0.5) is 0 Å². The molecule has 0 saturated heterocycles. The Labute approximate surface area is 59.1 Å². The van der Waals surface area contributed by atoms with Gasteiger partial charge in [0.1, 0.15) is 6.33 Å². The number of aryl methyl sites for hydroxylation is 1. The first-order valence-corrected chi connectivity index (χ1v) is 3.25. The summed E-state index contributed by atoms with van der Waals surface area (Å²) < 4.78 is 5.19. The quantitative estimate of drug-likeness (QED) is 0.529. The van der Waals surface area contributed by atoms with Crippen LogP contribution in [-0.4, -0.2) is 9.97 Å². The highest BCUT2D eigenvalue weighted by atomic mass is 16.5. The van der Waals surface area contributed by atoms with E-state index >= 15 is 0 Å². The first kappa shape index (κ1) is 5.80. The SMILES string of the molecule is Cc1ncnc2c1COC2. The van der Waals surface area contributed by atoms with Gasteiger partial charge in [0.25, 0.3) is 0 Å². The monoisotopic (exact) mass is 136 g/mol. The van der Waals surface area contributed by atoms with Crippen molar-refractivity contribution < 1.29 is 4.74 Å². The Morgan fingerprint density at radius 3 is 3.10 bits per heavy atom. The topological polar surface area (TPSA) is 35.0 Å². The summed E-state index contributed by atoms with van der Waals surface area (Å²) in [5, 5.41) is 0. The van der Waals surface area contributed by atoms with Gasteiger partial charge < -0.3 is 4.74 Å². The fraction of sp³-hybridized carbons (Fsp3) is 0.429. The van der Waals surface area contributed by atoms with Gasteiger partial charge in [-0.1, -0.05) is 0 Å². The highest BCUT2D eigenvalue weighted by Gasteiger charge is 2.14. The van der Waals surface area contributed by atoms with E-state index in [0.717, 1.165) is 11.4 Å². The second kappa shape index (κ2) is 2.02. The molecule has 0 N–H and O–H groups in total. The molecule has 0 amide bonds. The molecule has 0 bridgehead atoms. The molecule has 0 unspecified atom stereocenters.